The third-order valence-electron chi connectivity index (χ3n) is 2.19. The molecule has 0 aliphatic heterocycles. The van der Waals surface area contributed by atoms with E-state index in [0.717, 1.165) is 0 Å². The van der Waals surface area contributed by atoms with Crippen molar-refractivity contribution in [3.63, 3.8) is 0 Å². The third kappa shape index (κ3) is 10.4. The van der Waals surface area contributed by atoms with E-state index in [1.165, 1.54) is 0 Å². The molecule has 0 bridgehead atoms. The smallest absolute Gasteiger partial charge is 0.327 e. The van der Waals surface area contributed by atoms with Crippen LogP contribution in [0.25, 0.3) is 0 Å². The predicted molar refractivity (Wildman–Crippen MR) is 63.6 cm³/mol. The van der Waals surface area contributed by atoms with Crippen LogP contribution in [0.3, 0.4) is 0 Å². The van der Waals surface area contributed by atoms with Crippen molar-refractivity contribution in [3.05, 3.63) is 0 Å². The normalized spacial score (nSPS) is 10.8. The fourth-order valence-corrected chi connectivity index (χ4v) is 1.13. The molecule has 0 aromatic rings. The SMILES string of the molecule is CCC(=O)ON(O)CCCCCN(O)OC(=O)CC. The maximum absolute atomic E-state index is 10.8. The molecular formula is C11H22N2O6. The number of carbonyl (C=O) groups excluding carboxylic acids is 2. The van der Waals surface area contributed by atoms with Gasteiger partial charge in [-0.05, 0) is 23.3 Å². The minimum Gasteiger partial charge on any atom is -0.343 e. The molecule has 2 N–H and O–H groups in total. The van der Waals surface area contributed by atoms with Gasteiger partial charge in [0.1, 0.15) is 0 Å². The highest BCUT2D eigenvalue weighted by Crippen LogP contribution is 2.01. The van der Waals surface area contributed by atoms with Crippen LogP contribution in [0.15, 0.2) is 0 Å². The molecule has 0 atom stereocenters. The highest BCUT2D eigenvalue weighted by Gasteiger charge is 2.08. The molecule has 0 unspecified atom stereocenters. The van der Waals surface area contributed by atoms with E-state index < -0.39 is 11.9 Å². The Balaban J connectivity index is 3.49. The standard InChI is InChI=1S/C11H22N2O6/c1-3-10(14)18-12(16)8-6-5-7-9-13(17)19-11(15)4-2/h16-17H,3-9H2,1-2H3. The van der Waals surface area contributed by atoms with Crippen LogP contribution >= 0.6 is 0 Å². The van der Waals surface area contributed by atoms with Gasteiger partial charge in [0.25, 0.3) is 0 Å². The minimum absolute atomic E-state index is 0.186. The largest absolute Gasteiger partial charge is 0.343 e. The zero-order valence-corrected chi connectivity index (χ0v) is 11.4. The number of hydrogen-bond donors (Lipinski definition) is 2. The van der Waals surface area contributed by atoms with Gasteiger partial charge in [-0.3, -0.25) is 20.0 Å². The first-order valence-electron chi connectivity index (χ1n) is 6.34. The fourth-order valence-electron chi connectivity index (χ4n) is 1.13. The van der Waals surface area contributed by atoms with Crippen molar-refractivity contribution in [2.24, 2.45) is 0 Å². The Morgan fingerprint density at radius 2 is 1.21 bits per heavy atom. The van der Waals surface area contributed by atoms with Crippen LogP contribution in [0.5, 0.6) is 0 Å². The van der Waals surface area contributed by atoms with Gasteiger partial charge >= 0.3 is 11.9 Å². The molecule has 0 spiro atoms. The second-order valence-corrected chi connectivity index (χ2v) is 3.85. The Bertz CT molecular complexity index is 248. The molecule has 0 fully saturated rings. The highest BCUT2D eigenvalue weighted by atomic mass is 16.9. The van der Waals surface area contributed by atoms with Crippen LogP contribution in [-0.2, 0) is 19.3 Å². The molecule has 8 nitrogen and oxygen atoms in total. The number of nitrogens with zero attached hydrogens (tertiary/aromatic N) is 2. The molecule has 0 amide bonds. The maximum atomic E-state index is 10.8. The molecule has 112 valence electrons. The molecule has 0 aliphatic rings. The zero-order chi connectivity index (χ0) is 14.7. The molecule has 0 radical (unpaired) electrons. The Morgan fingerprint density at radius 1 is 0.842 bits per heavy atom. The summed E-state index contributed by atoms with van der Waals surface area (Å²) in [6, 6.07) is 0. The summed E-state index contributed by atoms with van der Waals surface area (Å²) in [5.74, 6) is -1.01. The monoisotopic (exact) mass is 278 g/mol. The van der Waals surface area contributed by atoms with Crippen LogP contribution in [0, 0.1) is 0 Å². The van der Waals surface area contributed by atoms with Crippen LogP contribution < -0.4 is 0 Å². The lowest BCUT2D eigenvalue weighted by Gasteiger charge is -2.14. The summed E-state index contributed by atoms with van der Waals surface area (Å²) in [6.07, 6.45) is 2.20. The molecule has 8 heteroatoms. The molecule has 19 heavy (non-hydrogen) atoms. The van der Waals surface area contributed by atoms with Crippen LogP contribution in [0.1, 0.15) is 46.0 Å². The lowest BCUT2D eigenvalue weighted by Crippen LogP contribution is -2.26. The van der Waals surface area contributed by atoms with Crippen molar-refractivity contribution in [1.29, 1.82) is 0 Å². The highest BCUT2D eigenvalue weighted by molar-refractivity contribution is 5.68. The average molecular weight is 278 g/mol. The van der Waals surface area contributed by atoms with E-state index in [0.29, 0.717) is 29.7 Å². The zero-order valence-electron chi connectivity index (χ0n) is 11.4. The number of hydroxylamine groups is 4. The van der Waals surface area contributed by atoms with Crippen molar-refractivity contribution in [2.75, 3.05) is 13.1 Å². The first kappa shape index (κ1) is 17.8. The molecule has 0 saturated carbocycles. The van der Waals surface area contributed by atoms with E-state index in [1.54, 1.807) is 13.8 Å². The first-order valence-corrected chi connectivity index (χ1v) is 6.34. The molecule has 0 heterocycles. The van der Waals surface area contributed by atoms with Crippen molar-refractivity contribution >= 4 is 11.9 Å². The lowest BCUT2D eigenvalue weighted by molar-refractivity contribution is -0.319. The maximum Gasteiger partial charge on any atom is 0.327 e. The van der Waals surface area contributed by atoms with Crippen LogP contribution in [0.2, 0.25) is 0 Å². The van der Waals surface area contributed by atoms with E-state index in [9.17, 15) is 20.0 Å². The summed E-state index contributed by atoms with van der Waals surface area (Å²) in [7, 11) is 0. The van der Waals surface area contributed by atoms with Crippen molar-refractivity contribution < 1.29 is 29.7 Å². The number of carbonyl (C=O) groups is 2. The number of rotatable bonds is 10. The summed E-state index contributed by atoms with van der Waals surface area (Å²) < 4.78 is 0. The summed E-state index contributed by atoms with van der Waals surface area (Å²) in [4.78, 5) is 30.7. The van der Waals surface area contributed by atoms with Crippen molar-refractivity contribution in [1.82, 2.24) is 10.5 Å². The van der Waals surface area contributed by atoms with E-state index in [1.807, 2.05) is 0 Å². The van der Waals surface area contributed by atoms with Gasteiger partial charge in [-0.15, -0.1) is 0 Å². The van der Waals surface area contributed by atoms with Gasteiger partial charge in [-0.2, -0.15) is 0 Å². The van der Waals surface area contributed by atoms with Gasteiger partial charge in [0.2, 0.25) is 0 Å². The van der Waals surface area contributed by atoms with Gasteiger partial charge < -0.3 is 9.68 Å². The van der Waals surface area contributed by atoms with E-state index in [2.05, 4.69) is 9.68 Å². The van der Waals surface area contributed by atoms with Crippen molar-refractivity contribution in [3.8, 4) is 0 Å². The summed E-state index contributed by atoms with van der Waals surface area (Å²) in [5.41, 5.74) is 0. The number of unbranched alkanes of at least 4 members (excludes halogenated alkanes) is 2. The van der Waals surface area contributed by atoms with Crippen molar-refractivity contribution in [2.45, 2.75) is 46.0 Å². The average Bonchev–Trinajstić information content (AvgIpc) is 2.37. The van der Waals surface area contributed by atoms with Gasteiger partial charge in [0, 0.05) is 12.8 Å². The minimum atomic E-state index is -0.504. The molecular weight excluding hydrogens is 256 g/mol. The van der Waals surface area contributed by atoms with Gasteiger partial charge in [-0.25, -0.2) is 0 Å². The second kappa shape index (κ2) is 10.7. The molecule has 0 aromatic heterocycles. The Hall–Kier alpha value is -1.22. The van der Waals surface area contributed by atoms with Gasteiger partial charge in [0.05, 0.1) is 13.1 Å². The van der Waals surface area contributed by atoms with Gasteiger partial charge in [0.15, 0.2) is 0 Å². The Kier molecular flexibility index (Phi) is 9.99. The predicted octanol–water partition coefficient (Wildman–Crippen LogP) is 1.28. The summed E-state index contributed by atoms with van der Waals surface area (Å²) in [5, 5.41) is 19.3. The Labute approximate surface area is 112 Å². The Morgan fingerprint density at radius 3 is 1.53 bits per heavy atom. The van der Waals surface area contributed by atoms with E-state index in [4.69, 9.17) is 0 Å². The van der Waals surface area contributed by atoms with Gasteiger partial charge in [-0.1, -0.05) is 20.3 Å². The lowest BCUT2D eigenvalue weighted by atomic mass is 10.2. The topological polar surface area (TPSA) is 99.5 Å². The summed E-state index contributed by atoms with van der Waals surface area (Å²) in [6.45, 7) is 3.63. The number of hydrogen-bond acceptors (Lipinski definition) is 8. The first-order chi connectivity index (χ1) is 8.99. The van der Waals surface area contributed by atoms with E-state index >= 15 is 0 Å². The van der Waals surface area contributed by atoms with Crippen LogP contribution in [-0.4, -0.2) is 45.9 Å². The fraction of sp³-hybridized carbons (Fsp3) is 0.818. The summed E-state index contributed by atoms with van der Waals surface area (Å²) >= 11 is 0. The quantitative estimate of drug-likeness (QED) is 0.455. The molecule has 0 aliphatic carbocycles. The third-order valence-corrected chi connectivity index (χ3v) is 2.19. The van der Waals surface area contributed by atoms with E-state index in [-0.39, 0.29) is 25.9 Å². The second-order valence-electron chi connectivity index (χ2n) is 3.85. The molecule has 0 aromatic carbocycles. The van der Waals surface area contributed by atoms with Crippen LogP contribution in [0.4, 0.5) is 0 Å². The molecule has 0 rings (SSSR count). The molecule has 0 saturated heterocycles.